The first-order valence-corrected chi connectivity index (χ1v) is 11.0. The predicted molar refractivity (Wildman–Crippen MR) is 106 cm³/mol. The molecule has 2 N–H and O–H groups in total. The highest BCUT2D eigenvalue weighted by molar-refractivity contribution is 7.89. The van der Waals surface area contributed by atoms with Crippen molar-refractivity contribution in [2.45, 2.75) is 52.6 Å². The van der Waals surface area contributed by atoms with E-state index in [1.165, 1.54) is 0 Å². The van der Waals surface area contributed by atoms with E-state index in [0.29, 0.717) is 11.5 Å². The minimum Gasteiger partial charge on any atom is -0.371 e. The number of nitrogens with one attached hydrogen (secondary N) is 2. The Morgan fingerprint density at radius 3 is 2.38 bits per heavy atom. The Bertz CT molecular complexity index is 710. The zero-order valence-electron chi connectivity index (χ0n) is 16.2. The quantitative estimate of drug-likeness (QED) is 0.760. The molecule has 0 radical (unpaired) electrons. The first-order chi connectivity index (χ1) is 12.2. The molecule has 1 heterocycles. The van der Waals surface area contributed by atoms with Crippen LogP contribution in [-0.2, 0) is 10.0 Å². The summed E-state index contributed by atoms with van der Waals surface area (Å²) in [7, 11) is -3.18. The summed E-state index contributed by atoms with van der Waals surface area (Å²) in [6, 6.07) is 7.70. The van der Waals surface area contributed by atoms with Crippen LogP contribution in [0.1, 0.15) is 50.9 Å². The van der Waals surface area contributed by atoms with Crippen LogP contribution >= 0.6 is 0 Å². The van der Waals surface area contributed by atoms with Crippen molar-refractivity contribution in [1.82, 2.24) is 10.0 Å². The van der Waals surface area contributed by atoms with Crippen LogP contribution in [0.5, 0.6) is 0 Å². The molecule has 1 aliphatic heterocycles. The lowest BCUT2D eigenvalue weighted by Gasteiger charge is -2.34. The molecule has 1 aromatic rings. The Hall–Kier alpha value is -1.60. The molecule has 0 spiro atoms. The molecule has 6 nitrogen and oxygen atoms in total. The first-order valence-electron chi connectivity index (χ1n) is 9.38. The summed E-state index contributed by atoms with van der Waals surface area (Å²) in [5.74, 6) is 0.411. The van der Waals surface area contributed by atoms with E-state index in [-0.39, 0.29) is 23.7 Å². The van der Waals surface area contributed by atoms with Crippen molar-refractivity contribution in [2.75, 3.05) is 23.7 Å². The summed E-state index contributed by atoms with van der Waals surface area (Å²) in [6.45, 7) is 9.26. The average Bonchev–Trinajstić information content (AvgIpc) is 2.62. The molecular formula is C19H31N3O3S. The van der Waals surface area contributed by atoms with E-state index in [1.807, 2.05) is 31.2 Å². The average molecular weight is 382 g/mol. The van der Waals surface area contributed by atoms with Crippen molar-refractivity contribution in [1.29, 1.82) is 0 Å². The van der Waals surface area contributed by atoms with E-state index in [1.54, 1.807) is 6.92 Å². The smallest absolute Gasteiger partial charge is 0.253 e. The first kappa shape index (κ1) is 20.7. The molecule has 146 valence electrons. The third-order valence-electron chi connectivity index (χ3n) is 5.07. The highest BCUT2D eigenvalue weighted by Gasteiger charge is 2.25. The molecule has 1 aliphatic rings. The molecule has 1 aromatic carbocycles. The highest BCUT2D eigenvalue weighted by atomic mass is 32.2. The van der Waals surface area contributed by atoms with Crippen molar-refractivity contribution in [2.24, 2.45) is 5.92 Å². The minimum absolute atomic E-state index is 0.0295. The predicted octanol–water partition coefficient (Wildman–Crippen LogP) is 2.37. The number of hydrogen-bond donors (Lipinski definition) is 2. The van der Waals surface area contributed by atoms with Gasteiger partial charge in [-0.15, -0.1) is 0 Å². The Kier molecular flexibility index (Phi) is 7.06. The fraction of sp³-hybridized carbons (Fsp3) is 0.632. The maximum absolute atomic E-state index is 12.7. The van der Waals surface area contributed by atoms with E-state index < -0.39 is 10.0 Å². The van der Waals surface area contributed by atoms with E-state index in [4.69, 9.17) is 0 Å². The Balaban J connectivity index is 2.06. The Labute approximate surface area is 157 Å². The van der Waals surface area contributed by atoms with E-state index >= 15 is 0 Å². The van der Waals surface area contributed by atoms with Crippen LogP contribution in [0.3, 0.4) is 0 Å². The number of rotatable bonds is 7. The molecule has 1 fully saturated rings. The summed E-state index contributed by atoms with van der Waals surface area (Å²) < 4.78 is 26.2. The van der Waals surface area contributed by atoms with Crippen LogP contribution in [0.25, 0.3) is 0 Å². The van der Waals surface area contributed by atoms with Gasteiger partial charge in [-0.1, -0.05) is 26.0 Å². The zero-order valence-corrected chi connectivity index (χ0v) is 17.0. The van der Waals surface area contributed by atoms with Crippen molar-refractivity contribution in [3.63, 3.8) is 0 Å². The molecule has 2 rings (SSSR count). The number of carbonyl (C=O) groups is 1. The SMILES string of the molecule is CCS(=O)(=O)NC1CCN(c2ccccc2C(=O)NC(C)C(C)C)CC1. The fourth-order valence-corrected chi connectivity index (χ4v) is 3.88. The van der Waals surface area contributed by atoms with Gasteiger partial charge in [-0.2, -0.15) is 0 Å². The fourth-order valence-electron chi connectivity index (χ4n) is 2.97. The Morgan fingerprint density at radius 1 is 1.19 bits per heavy atom. The van der Waals surface area contributed by atoms with Crippen LogP contribution in [0.15, 0.2) is 24.3 Å². The number of para-hydroxylation sites is 1. The molecule has 1 atom stereocenters. The Morgan fingerprint density at radius 2 is 1.81 bits per heavy atom. The molecule has 0 aromatic heterocycles. The van der Waals surface area contributed by atoms with Gasteiger partial charge < -0.3 is 10.2 Å². The molecule has 1 unspecified atom stereocenters. The molecule has 1 saturated heterocycles. The molecule has 0 saturated carbocycles. The minimum atomic E-state index is -3.18. The monoisotopic (exact) mass is 381 g/mol. The van der Waals surface area contributed by atoms with Gasteiger partial charge in [0.2, 0.25) is 10.0 Å². The standard InChI is InChI=1S/C19H31N3O3S/c1-5-26(24,25)21-16-10-12-22(13-11-16)18-9-7-6-8-17(18)19(23)20-15(4)14(2)3/h6-9,14-16,21H,5,10-13H2,1-4H3,(H,20,23). The van der Waals surface area contributed by atoms with Gasteiger partial charge >= 0.3 is 0 Å². The number of amides is 1. The van der Waals surface area contributed by atoms with Gasteiger partial charge in [0.15, 0.2) is 0 Å². The van der Waals surface area contributed by atoms with Crippen LogP contribution < -0.4 is 14.9 Å². The van der Waals surface area contributed by atoms with Crippen molar-refractivity contribution < 1.29 is 13.2 Å². The number of carbonyl (C=O) groups excluding carboxylic acids is 1. The van der Waals surface area contributed by atoms with Gasteiger partial charge in [-0.05, 0) is 44.7 Å². The molecule has 0 aliphatic carbocycles. The van der Waals surface area contributed by atoms with Crippen LogP contribution in [0.4, 0.5) is 5.69 Å². The summed E-state index contributed by atoms with van der Waals surface area (Å²) in [5, 5.41) is 3.07. The number of hydrogen-bond acceptors (Lipinski definition) is 4. The third-order valence-corrected chi connectivity index (χ3v) is 6.52. The zero-order chi connectivity index (χ0) is 19.3. The topological polar surface area (TPSA) is 78.5 Å². The summed E-state index contributed by atoms with van der Waals surface area (Å²) in [4.78, 5) is 14.9. The number of sulfonamides is 1. The van der Waals surface area contributed by atoms with Gasteiger partial charge in [0.05, 0.1) is 11.3 Å². The van der Waals surface area contributed by atoms with E-state index in [0.717, 1.165) is 31.6 Å². The maximum Gasteiger partial charge on any atom is 0.253 e. The molecule has 1 amide bonds. The van der Waals surface area contributed by atoms with Crippen molar-refractivity contribution >= 4 is 21.6 Å². The van der Waals surface area contributed by atoms with Crippen LogP contribution in [0.2, 0.25) is 0 Å². The number of piperidine rings is 1. The van der Waals surface area contributed by atoms with Gasteiger partial charge in [0.25, 0.3) is 5.91 Å². The largest absolute Gasteiger partial charge is 0.371 e. The molecule has 7 heteroatoms. The molecule has 0 bridgehead atoms. The van der Waals surface area contributed by atoms with Gasteiger partial charge in [0.1, 0.15) is 0 Å². The summed E-state index contributed by atoms with van der Waals surface area (Å²) in [6.07, 6.45) is 1.47. The van der Waals surface area contributed by atoms with Crippen molar-refractivity contribution in [3.05, 3.63) is 29.8 Å². The van der Waals surface area contributed by atoms with Crippen LogP contribution in [0, 0.1) is 5.92 Å². The summed E-state index contributed by atoms with van der Waals surface area (Å²) >= 11 is 0. The highest BCUT2D eigenvalue weighted by Crippen LogP contribution is 2.25. The van der Waals surface area contributed by atoms with Gasteiger partial charge in [-0.3, -0.25) is 4.79 Å². The third kappa shape index (κ3) is 5.45. The van der Waals surface area contributed by atoms with E-state index in [9.17, 15) is 13.2 Å². The van der Waals surface area contributed by atoms with E-state index in [2.05, 4.69) is 28.8 Å². The molecular weight excluding hydrogens is 350 g/mol. The van der Waals surface area contributed by atoms with Gasteiger partial charge in [0, 0.05) is 30.9 Å². The molecule has 26 heavy (non-hydrogen) atoms. The normalized spacial score (nSPS) is 17.3. The maximum atomic E-state index is 12.7. The van der Waals surface area contributed by atoms with Crippen LogP contribution in [-0.4, -0.2) is 45.3 Å². The van der Waals surface area contributed by atoms with Crippen molar-refractivity contribution in [3.8, 4) is 0 Å². The number of benzene rings is 1. The number of anilines is 1. The second kappa shape index (κ2) is 8.86. The number of nitrogens with zero attached hydrogens (tertiary/aromatic N) is 1. The lowest BCUT2D eigenvalue weighted by Crippen LogP contribution is -2.45. The lowest BCUT2D eigenvalue weighted by atomic mass is 10.0. The second-order valence-electron chi connectivity index (χ2n) is 7.31. The second-order valence-corrected chi connectivity index (χ2v) is 9.35. The summed E-state index contributed by atoms with van der Waals surface area (Å²) in [5.41, 5.74) is 1.59. The lowest BCUT2D eigenvalue weighted by molar-refractivity contribution is 0.0931. The van der Waals surface area contributed by atoms with Gasteiger partial charge in [-0.25, -0.2) is 13.1 Å².